The predicted molar refractivity (Wildman–Crippen MR) is 71.8 cm³/mol. The number of nitrogens with one attached hydrogen (secondary N) is 1. The molecule has 1 heterocycles. The highest BCUT2D eigenvalue weighted by molar-refractivity contribution is 5.75. The summed E-state index contributed by atoms with van der Waals surface area (Å²) in [5.41, 5.74) is 0. The summed E-state index contributed by atoms with van der Waals surface area (Å²) >= 11 is 0. The van der Waals surface area contributed by atoms with E-state index in [0.29, 0.717) is 6.42 Å². The SMILES string of the molecule is CCC(=O)NCCCCC1CCCC[N+]1(C)C.[I-]. The quantitative estimate of drug-likeness (QED) is 0.376. The highest BCUT2D eigenvalue weighted by Crippen LogP contribution is 2.25. The normalized spacial score (nSPS) is 22.1. The average molecular weight is 368 g/mol. The van der Waals surface area contributed by atoms with Crippen LogP contribution in [0.2, 0.25) is 0 Å². The van der Waals surface area contributed by atoms with Gasteiger partial charge < -0.3 is 33.8 Å². The molecule has 0 aromatic heterocycles. The third kappa shape index (κ3) is 6.36. The molecule has 108 valence electrons. The van der Waals surface area contributed by atoms with Crippen LogP contribution in [0.3, 0.4) is 0 Å². The van der Waals surface area contributed by atoms with Gasteiger partial charge in [-0.1, -0.05) is 6.92 Å². The first kappa shape index (κ1) is 18.2. The van der Waals surface area contributed by atoms with Gasteiger partial charge in [-0.25, -0.2) is 0 Å². The van der Waals surface area contributed by atoms with Gasteiger partial charge in [0.15, 0.2) is 0 Å². The van der Waals surface area contributed by atoms with E-state index in [1.165, 1.54) is 43.1 Å². The molecular formula is C14H29IN2O. The molecule has 1 aliphatic heterocycles. The van der Waals surface area contributed by atoms with Gasteiger partial charge in [-0.3, -0.25) is 4.79 Å². The van der Waals surface area contributed by atoms with Gasteiger partial charge in [-0.05, 0) is 38.5 Å². The van der Waals surface area contributed by atoms with Crippen LogP contribution >= 0.6 is 0 Å². The average Bonchev–Trinajstić information content (AvgIpc) is 2.30. The minimum absolute atomic E-state index is 0. The molecule has 1 amide bonds. The highest BCUT2D eigenvalue weighted by atomic mass is 127. The van der Waals surface area contributed by atoms with Gasteiger partial charge >= 0.3 is 0 Å². The number of nitrogens with zero attached hydrogens (tertiary/aromatic N) is 1. The Hall–Kier alpha value is 0.160. The fourth-order valence-corrected chi connectivity index (χ4v) is 2.78. The maximum Gasteiger partial charge on any atom is 0.219 e. The van der Waals surface area contributed by atoms with E-state index in [4.69, 9.17) is 0 Å². The van der Waals surface area contributed by atoms with Crippen molar-refractivity contribution in [1.29, 1.82) is 0 Å². The Morgan fingerprint density at radius 2 is 2.00 bits per heavy atom. The lowest BCUT2D eigenvalue weighted by Crippen LogP contribution is -3.00. The van der Waals surface area contributed by atoms with Crippen LogP contribution in [0.4, 0.5) is 0 Å². The predicted octanol–water partition coefficient (Wildman–Crippen LogP) is -0.684. The molecule has 1 rings (SSSR count). The third-order valence-corrected chi connectivity index (χ3v) is 4.12. The molecule has 1 atom stereocenters. The van der Waals surface area contributed by atoms with Gasteiger partial charge in [0.05, 0.1) is 26.7 Å². The molecule has 1 aliphatic rings. The Bertz CT molecular complexity index is 244. The third-order valence-electron chi connectivity index (χ3n) is 4.12. The standard InChI is InChI=1S/C14H28N2O.HI/c1-4-14(17)15-11-7-5-9-13-10-6-8-12-16(13,2)3;/h13H,4-12H2,1-3H3;1H. The molecule has 1 unspecified atom stereocenters. The van der Waals surface area contributed by atoms with E-state index in [1.807, 2.05) is 6.92 Å². The molecule has 4 heteroatoms. The van der Waals surface area contributed by atoms with Crippen molar-refractivity contribution in [2.24, 2.45) is 0 Å². The smallest absolute Gasteiger partial charge is 0.219 e. The van der Waals surface area contributed by atoms with E-state index in [9.17, 15) is 4.79 Å². The Morgan fingerprint density at radius 3 is 2.61 bits per heavy atom. The summed E-state index contributed by atoms with van der Waals surface area (Å²) in [4.78, 5) is 11.1. The molecule has 1 N–H and O–H groups in total. The lowest BCUT2D eigenvalue weighted by atomic mass is 9.95. The molecular weight excluding hydrogens is 339 g/mol. The largest absolute Gasteiger partial charge is 1.00 e. The van der Waals surface area contributed by atoms with Gasteiger partial charge in [-0.2, -0.15) is 0 Å². The summed E-state index contributed by atoms with van der Waals surface area (Å²) in [5, 5.41) is 2.95. The zero-order valence-corrected chi connectivity index (χ0v) is 14.3. The van der Waals surface area contributed by atoms with Crippen molar-refractivity contribution >= 4 is 5.91 Å². The number of rotatable bonds is 6. The van der Waals surface area contributed by atoms with E-state index in [-0.39, 0.29) is 29.9 Å². The van der Waals surface area contributed by atoms with Crippen LogP contribution < -0.4 is 29.3 Å². The molecule has 0 saturated carbocycles. The molecule has 0 bridgehead atoms. The highest BCUT2D eigenvalue weighted by Gasteiger charge is 2.30. The van der Waals surface area contributed by atoms with Crippen molar-refractivity contribution in [3.05, 3.63) is 0 Å². The molecule has 1 fully saturated rings. The molecule has 3 nitrogen and oxygen atoms in total. The molecule has 18 heavy (non-hydrogen) atoms. The van der Waals surface area contributed by atoms with Crippen molar-refractivity contribution in [1.82, 2.24) is 5.32 Å². The second kappa shape index (κ2) is 9.13. The summed E-state index contributed by atoms with van der Waals surface area (Å²) < 4.78 is 1.20. The Balaban J connectivity index is 0.00000289. The zero-order chi connectivity index (χ0) is 12.7. The minimum Gasteiger partial charge on any atom is -1.00 e. The molecule has 0 aromatic carbocycles. The van der Waals surface area contributed by atoms with Crippen molar-refractivity contribution in [2.45, 2.75) is 57.9 Å². The number of hydrogen-bond acceptors (Lipinski definition) is 1. The number of carbonyl (C=O) groups excluding carboxylic acids is 1. The van der Waals surface area contributed by atoms with Crippen LogP contribution in [0, 0.1) is 0 Å². The van der Waals surface area contributed by atoms with Crippen LogP contribution in [-0.2, 0) is 4.79 Å². The molecule has 0 spiro atoms. The van der Waals surface area contributed by atoms with E-state index in [2.05, 4.69) is 19.4 Å². The Labute approximate surface area is 129 Å². The number of hydrogen-bond donors (Lipinski definition) is 1. The van der Waals surface area contributed by atoms with Gasteiger partial charge in [0, 0.05) is 13.0 Å². The minimum atomic E-state index is 0. The maximum absolute atomic E-state index is 11.1. The monoisotopic (exact) mass is 368 g/mol. The van der Waals surface area contributed by atoms with Crippen LogP contribution in [0.1, 0.15) is 51.9 Å². The van der Waals surface area contributed by atoms with Gasteiger partial charge in [0.25, 0.3) is 0 Å². The fraction of sp³-hybridized carbons (Fsp3) is 0.929. The topological polar surface area (TPSA) is 29.1 Å². The summed E-state index contributed by atoms with van der Waals surface area (Å²) in [7, 11) is 4.73. The summed E-state index contributed by atoms with van der Waals surface area (Å²) in [6.45, 7) is 4.08. The van der Waals surface area contributed by atoms with Crippen LogP contribution in [0.5, 0.6) is 0 Å². The van der Waals surface area contributed by atoms with Gasteiger partial charge in [0.2, 0.25) is 5.91 Å². The van der Waals surface area contributed by atoms with Crippen LogP contribution in [0.15, 0.2) is 0 Å². The van der Waals surface area contributed by atoms with Crippen molar-refractivity contribution in [3.63, 3.8) is 0 Å². The van der Waals surface area contributed by atoms with Crippen molar-refractivity contribution < 1.29 is 33.3 Å². The van der Waals surface area contributed by atoms with E-state index < -0.39 is 0 Å². The first-order valence-corrected chi connectivity index (χ1v) is 7.15. The number of piperidine rings is 1. The number of amides is 1. The lowest BCUT2D eigenvalue weighted by molar-refractivity contribution is -0.920. The first-order chi connectivity index (χ1) is 8.06. The van der Waals surface area contributed by atoms with Crippen molar-refractivity contribution in [2.75, 3.05) is 27.2 Å². The number of unbranched alkanes of at least 4 members (excludes halogenated alkanes) is 1. The molecule has 0 radical (unpaired) electrons. The first-order valence-electron chi connectivity index (χ1n) is 7.15. The number of likely N-dealkylation sites (tertiary alicyclic amines) is 1. The van der Waals surface area contributed by atoms with E-state index >= 15 is 0 Å². The summed E-state index contributed by atoms with van der Waals surface area (Å²) in [6.07, 6.45) is 8.46. The van der Waals surface area contributed by atoms with E-state index in [0.717, 1.165) is 19.0 Å². The van der Waals surface area contributed by atoms with Crippen LogP contribution in [0.25, 0.3) is 0 Å². The molecule has 1 saturated heterocycles. The number of quaternary nitrogens is 1. The number of carbonyl (C=O) groups is 1. The van der Waals surface area contributed by atoms with Gasteiger partial charge in [0.1, 0.15) is 0 Å². The number of halogens is 1. The fourth-order valence-electron chi connectivity index (χ4n) is 2.78. The Kier molecular flexibility index (Phi) is 9.21. The zero-order valence-electron chi connectivity index (χ0n) is 12.2. The Morgan fingerprint density at radius 1 is 1.28 bits per heavy atom. The summed E-state index contributed by atoms with van der Waals surface area (Å²) in [5.74, 6) is 0.179. The summed E-state index contributed by atoms with van der Waals surface area (Å²) in [6, 6.07) is 0.839. The molecule has 0 aliphatic carbocycles. The second-order valence-corrected chi connectivity index (χ2v) is 5.85. The molecule has 0 aromatic rings. The van der Waals surface area contributed by atoms with E-state index in [1.54, 1.807) is 0 Å². The lowest BCUT2D eigenvalue weighted by Gasteiger charge is -2.41. The van der Waals surface area contributed by atoms with Crippen molar-refractivity contribution in [3.8, 4) is 0 Å². The second-order valence-electron chi connectivity index (χ2n) is 5.85. The maximum atomic E-state index is 11.1. The van der Waals surface area contributed by atoms with Gasteiger partial charge in [-0.15, -0.1) is 0 Å². The van der Waals surface area contributed by atoms with Crippen LogP contribution in [-0.4, -0.2) is 43.6 Å².